The molecular formula is C19H25ClN4O2S. The molecule has 0 saturated heterocycles. The molecule has 6 nitrogen and oxygen atoms in total. The van der Waals surface area contributed by atoms with Gasteiger partial charge in [0.1, 0.15) is 0 Å². The number of guanidine groups is 1. The number of nitrogens with zero attached hydrogens (tertiary/aromatic N) is 2. The molecule has 2 N–H and O–H groups in total. The second kappa shape index (κ2) is 9.73. The van der Waals surface area contributed by atoms with Crippen molar-refractivity contribution >= 4 is 27.6 Å². The van der Waals surface area contributed by atoms with Crippen LogP contribution < -0.4 is 10.0 Å². The standard InChI is InChI=1S/C19H25ClN4O2S/c1-4-22-19(24(3)14-16-7-5-6-8-18(16)20)23-13-15-9-11-17(12-10-15)27(25,26)21-2/h5-12,21H,4,13-14H2,1-3H3,(H,22,23). The Kier molecular flexibility index (Phi) is 7.65. The number of sulfonamides is 1. The highest BCUT2D eigenvalue weighted by molar-refractivity contribution is 7.89. The van der Waals surface area contributed by atoms with Crippen molar-refractivity contribution in [2.75, 3.05) is 20.6 Å². The molecule has 0 aliphatic carbocycles. The van der Waals surface area contributed by atoms with Crippen molar-refractivity contribution < 1.29 is 8.42 Å². The molecule has 0 saturated carbocycles. The first kappa shape index (κ1) is 21.2. The van der Waals surface area contributed by atoms with Gasteiger partial charge in [0.25, 0.3) is 0 Å². The first-order chi connectivity index (χ1) is 12.9. The average molecular weight is 409 g/mol. The SMILES string of the molecule is CCNC(=NCc1ccc(S(=O)(=O)NC)cc1)N(C)Cc1ccccc1Cl. The van der Waals surface area contributed by atoms with Crippen molar-refractivity contribution in [3.05, 3.63) is 64.7 Å². The van der Waals surface area contributed by atoms with Gasteiger partial charge in [0.2, 0.25) is 10.0 Å². The predicted octanol–water partition coefficient (Wildman–Crippen LogP) is 2.85. The smallest absolute Gasteiger partial charge is 0.240 e. The molecule has 0 heterocycles. The molecule has 0 aliphatic rings. The van der Waals surface area contributed by atoms with E-state index >= 15 is 0 Å². The minimum absolute atomic E-state index is 0.237. The summed E-state index contributed by atoms with van der Waals surface area (Å²) in [6.07, 6.45) is 0. The van der Waals surface area contributed by atoms with Gasteiger partial charge in [0.05, 0.1) is 11.4 Å². The minimum Gasteiger partial charge on any atom is -0.357 e. The Morgan fingerprint density at radius 3 is 2.41 bits per heavy atom. The van der Waals surface area contributed by atoms with Gasteiger partial charge in [-0.3, -0.25) is 0 Å². The second-order valence-corrected chi connectivity index (χ2v) is 8.26. The van der Waals surface area contributed by atoms with Crippen LogP contribution in [0.3, 0.4) is 0 Å². The molecule has 0 amide bonds. The fourth-order valence-corrected chi connectivity index (χ4v) is 3.41. The van der Waals surface area contributed by atoms with Crippen LogP contribution in [0.15, 0.2) is 58.4 Å². The van der Waals surface area contributed by atoms with Crippen molar-refractivity contribution in [3.8, 4) is 0 Å². The molecule has 0 aliphatic heterocycles. The van der Waals surface area contributed by atoms with Crippen LogP contribution >= 0.6 is 11.6 Å². The lowest BCUT2D eigenvalue weighted by molar-refractivity contribution is 0.477. The maximum Gasteiger partial charge on any atom is 0.240 e. The maximum atomic E-state index is 11.8. The zero-order chi connectivity index (χ0) is 19.9. The molecule has 0 bridgehead atoms. The fourth-order valence-electron chi connectivity index (χ4n) is 2.48. The van der Waals surface area contributed by atoms with Crippen molar-refractivity contribution in [1.82, 2.24) is 14.9 Å². The van der Waals surface area contributed by atoms with Crippen LogP contribution in [0.4, 0.5) is 0 Å². The summed E-state index contributed by atoms with van der Waals surface area (Å²) >= 11 is 6.25. The number of halogens is 1. The van der Waals surface area contributed by atoms with Gasteiger partial charge in [-0.2, -0.15) is 0 Å². The summed E-state index contributed by atoms with van der Waals surface area (Å²) in [5.74, 6) is 0.754. The van der Waals surface area contributed by atoms with E-state index in [1.807, 2.05) is 43.1 Å². The number of nitrogens with one attached hydrogen (secondary N) is 2. The van der Waals surface area contributed by atoms with E-state index in [4.69, 9.17) is 11.6 Å². The fraction of sp³-hybridized carbons (Fsp3) is 0.316. The van der Waals surface area contributed by atoms with Crippen LogP contribution in [0.1, 0.15) is 18.1 Å². The van der Waals surface area contributed by atoms with Crippen LogP contribution in [0.25, 0.3) is 0 Å². The van der Waals surface area contributed by atoms with Crippen molar-refractivity contribution in [2.45, 2.75) is 24.9 Å². The molecule has 0 unspecified atom stereocenters. The Morgan fingerprint density at radius 1 is 1.15 bits per heavy atom. The maximum absolute atomic E-state index is 11.8. The van der Waals surface area contributed by atoms with Crippen LogP contribution in [-0.4, -0.2) is 39.9 Å². The van der Waals surface area contributed by atoms with E-state index in [0.717, 1.165) is 28.7 Å². The van der Waals surface area contributed by atoms with Crippen molar-refractivity contribution in [2.24, 2.45) is 4.99 Å². The third-order valence-corrected chi connectivity index (χ3v) is 5.77. The largest absolute Gasteiger partial charge is 0.357 e. The molecule has 8 heteroatoms. The lowest BCUT2D eigenvalue weighted by Crippen LogP contribution is -2.38. The summed E-state index contributed by atoms with van der Waals surface area (Å²) in [4.78, 5) is 6.89. The van der Waals surface area contributed by atoms with E-state index in [9.17, 15) is 8.42 Å². The van der Waals surface area contributed by atoms with Crippen LogP contribution in [-0.2, 0) is 23.1 Å². The number of hydrogen-bond acceptors (Lipinski definition) is 3. The molecule has 2 aromatic rings. The number of benzene rings is 2. The summed E-state index contributed by atoms with van der Waals surface area (Å²) in [7, 11) is -0.0801. The third-order valence-electron chi connectivity index (χ3n) is 3.98. The average Bonchev–Trinajstić information content (AvgIpc) is 2.67. The second-order valence-electron chi connectivity index (χ2n) is 5.97. The van der Waals surface area contributed by atoms with E-state index in [-0.39, 0.29) is 4.90 Å². The molecule has 0 radical (unpaired) electrons. The van der Waals surface area contributed by atoms with E-state index in [1.54, 1.807) is 24.3 Å². The van der Waals surface area contributed by atoms with Crippen molar-refractivity contribution in [3.63, 3.8) is 0 Å². The molecule has 146 valence electrons. The third kappa shape index (κ3) is 5.95. The Morgan fingerprint density at radius 2 is 1.81 bits per heavy atom. The van der Waals surface area contributed by atoms with E-state index in [0.29, 0.717) is 13.1 Å². The first-order valence-electron chi connectivity index (χ1n) is 8.62. The summed E-state index contributed by atoms with van der Waals surface area (Å²) in [6.45, 7) is 3.82. The van der Waals surface area contributed by atoms with E-state index in [1.165, 1.54) is 7.05 Å². The molecular weight excluding hydrogens is 384 g/mol. The normalized spacial score (nSPS) is 12.1. The van der Waals surface area contributed by atoms with Gasteiger partial charge < -0.3 is 10.2 Å². The van der Waals surface area contributed by atoms with Gasteiger partial charge in [-0.05, 0) is 43.3 Å². The Hall–Kier alpha value is -2.09. The molecule has 0 fully saturated rings. The monoisotopic (exact) mass is 408 g/mol. The predicted molar refractivity (Wildman–Crippen MR) is 110 cm³/mol. The van der Waals surface area contributed by atoms with Gasteiger partial charge in [-0.15, -0.1) is 0 Å². The lowest BCUT2D eigenvalue weighted by atomic mass is 10.2. The Bertz CT molecular complexity index is 883. The molecule has 2 rings (SSSR count). The highest BCUT2D eigenvalue weighted by Gasteiger charge is 2.11. The molecule has 2 aromatic carbocycles. The topological polar surface area (TPSA) is 73.8 Å². The summed E-state index contributed by atoms with van der Waals surface area (Å²) in [6, 6.07) is 14.4. The first-order valence-corrected chi connectivity index (χ1v) is 10.5. The summed E-state index contributed by atoms with van der Waals surface area (Å²) < 4.78 is 25.9. The van der Waals surface area contributed by atoms with Crippen LogP contribution in [0, 0.1) is 0 Å². The number of aliphatic imine (C=N–C) groups is 1. The highest BCUT2D eigenvalue weighted by Crippen LogP contribution is 2.16. The van der Waals surface area contributed by atoms with Gasteiger partial charge in [-0.1, -0.05) is 41.9 Å². The van der Waals surface area contributed by atoms with E-state index in [2.05, 4.69) is 15.0 Å². The van der Waals surface area contributed by atoms with Gasteiger partial charge >= 0.3 is 0 Å². The lowest BCUT2D eigenvalue weighted by Gasteiger charge is -2.22. The minimum atomic E-state index is -3.43. The van der Waals surface area contributed by atoms with Crippen LogP contribution in [0.2, 0.25) is 5.02 Å². The highest BCUT2D eigenvalue weighted by atomic mass is 35.5. The van der Waals surface area contributed by atoms with Gasteiger partial charge in [0, 0.05) is 25.2 Å². The quantitative estimate of drug-likeness (QED) is 0.545. The summed E-state index contributed by atoms with van der Waals surface area (Å²) in [5, 5.41) is 3.99. The molecule has 0 aromatic heterocycles. The van der Waals surface area contributed by atoms with Crippen LogP contribution in [0.5, 0.6) is 0 Å². The van der Waals surface area contributed by atoms with Gasteiger partial charge in [0.15, 0.2) is 5.96 Å². The van der Waals surface area contributed by atoms with Crippen molar-refractivity contribution in [1.29, 1.82) is 0 Å². The molecule has 27 heavy (non-hydrogen) atoms. The number of rotatable bonds is 7. The molecule has 0 atom stereocenters. The Balaban J connectivity index is 2.11. The van der Waals surface area contributed by atoms with Gasteiger partial charge in [-0.25, -0.2) is 18.1 Å². The van der Waals surface area contributed by atoms with E-state index < -0.39 is 10.0 Å². The summed E-state index contributed by atoms with van der Waals surface area (Å²) in [5.41, 5.74) is 1.94. The zero-order valence-electron chi connectivity index (χ0n) is 15.7. The zero-order valence-corrected chi connectivity index (χ0v) is 17.3. The molecule has 0 spiro atoms. The number of hydrogen-bond donors (Lipinski definition) is 2. The Labute approximate surface area is 166 Å².